The van der Waals surface area contributed by atoms with E-state index in [0.717, 1.165) is 24.3 Å². The number of halogens is 4. The summed E-state index contributed by atoms with van der Waals surface area (Å²) in [4.78, 5) is 47.7. The Morgan fingerprint density at radius 3 is 1.20 bits per heavy atom. The molecule has 0 spiro atoms. The van der Waals surface area contributed by atoms with Gasteiger partial charge in [-0.1, -0.05) is 0 Å². The number of esters is 2. The maximum absolute atomic E-state index is 14.4. The van der Waals surface area contributed by atoms with Gasteiger partial charge in [0.2, 0.25) is 11.8 Å². The minimum Gasteiger partial charge on any atom is -0.497 e. The SMILES string of the molecule is COc1cc(F)c(C2CC(=O)NCC2CC(=O)OC(C)(C)C)c(F)c1.COc1cc(F)c(C2CC(=O)NCC2CC(=O)OC(C)(C)C)c(F)c1. The lowest BCUT2D eigenvalue weighted by molar-refractivity contribution is -0.157. The standard InChI is InChI=1S/2C18H23F2NO4/c2*1-18(2,3)25-16(23)5-10-9-21-15(22)8-12(10)17-13(19)6-11(24-4)7-14(17)20/h2*6-7,10,12H,5,8-9H2,1-4H3,(H,21,22). The molecule has 2 saturated heterocycles. The molecule has 4 atom stereocenters. The molecule has 0 radical (unpaired) electrons. The molecule has 2 aromatic carbocycles. The smallest absolute Gasteiger partial charge is 0.306 e. The Labute approximate surface area is 289 Å². The largest absolute Gasteiger partial charge is 0.497 e. The molecule has 2 heterocycles. The highest BCUT2D eigenvalue weighted by Crippen LogP contribution is 2.39. The first-order valence-corrected chi connectivity index (χ1v) is 16.2. The van der Waals surface area contributed by atoms with E-state index in [1.807, 2.05) is 0 Å². The topological polar surface area (TPSA) is 129 Å². The Bertz CT molecular complexity index is 1410. The van der Waals surface area contributed by atoms with Crippen LogP contribution in [-0.4, -0.2) is 62.3 Å². The molecule has 10 nitrogen and oxygen atoms in total. The monoisotopic (exact) mass is 710 g/mol. The van der Waals surface area contributed by atoms with Crippen LogP contribution in [0.4, 0.5) is 17.6 Å². The molecule has 50 heavy (non-hydrogen) atoms. The Kier molecular flexibility index (Phi) is 13.3. The normalized spacial score (nSPS) is 20.8. The summed E-state index contributed by atoms with van der Waals surface area (Å²) in [6, 6.07) is 4.32. The second kappa shape index (κ2) is 16.6. The van der Waals surface area contributed by atoms with Crippen molar-refractivity contribution in [3.8, 4) is 11.5 Å². The number of hydrogen-bond acceptors (Lipinski definition) is 8. The molecule has 2 amide bonds. The van der Waals surface area contributed by atoms with Gasteiger partial charge in [0.25, 0.3) is 0 Å². The van der Waals surface area contributed by atoms with Gasteiger partial charge in [-0.2, -0.15) is 0 Å². The lowest BCUT2D eigenvalue weighted by Crippen LogP contribution is -2.41. The fourth-order valence-electron chi connectivity index (χ4n) is 6.02. The van der Waals surface area contributed by atoms with E-state index >= 15 is 0 Å². The number of ether oxygens (including phenoxy) is 4. The number of rotatable bonds is 8. The molecule has 276 valence electrons. The van der Waals surface area contributed by atoms with Crippen LogP contribution in [-0.2, 0) is 28.7 Å². The summed E-state index contributed by atoms with van der Waals surface area (Å²) < 4.78 is 78.0. The van der Waals surface area contributed by atoms with E-state index in [2.05, 4.69) is 10.6 Å². The quantitative estimate of drug-likeness (QED) is 0.258. The van der Waals surface area contributed by atoms with Crippen molar-refractivity contribution in [2.24, 2.45) is 11.8 Å². The Morgan fingerprint density at radius 2 is 0.940 bits per heavy atom. The van der Waals surface area contributed by atoms with Crippen molar-refractivity contribution < 1.29 is 55.7 Å². The molecule has 0 bridgehead atoms. The third kappa shape index (κ3) is 11.3. The van der Waals surface area contributed by atoms with E-state index in [1.165, 1.54) is 14.2 Å². The molecule has 14 heteroatoms. The van der Waals surface area contributed by atoms with Gasteiger partial charge in [-0.05, 0) is 53.4 Å². The van der Waals surface area contributed by atoms with Gasteiger partial charge in [-0.3, -0.25) is 19.2 Å². The molecule has 4 unspecified atom stereocenters. The summed E-state index contributed by atoms with van der Waals surface area (Å²) in [5.41, 5.74) is -1.68. The van der Waals surface area contributed by atoms with Gasteiger partial charge in [0.1, 0.15) is 46.0 Å². The molecule has 2 N–H and O–H groups in total. The van der Waals surface area contributed by atoms with Crippen LogP contribution >= 0.6 is 0 Å². The van der Waals surface area contributed by atoms with Crippen molar-refractivity contribution in [2.45, 2.75) is 90.3 Å². The maximum Gasteiger partial charge on any atom is 0.306 e. The molecule has 0 aliphatic carbocycles. The summed E-state index contributed by atoms with van der Waals surface area (Å²) in [5, 5.41) is 5.29. The van der Waals surface area contributed by atoms with E-state index in [-0.39, 0.29) is 73.2 Å². The van der Waals surface area contributed by atoms with Gasteiger partial charge in [0, 0.05) is 73.2 Å². The first-order chi connectivity index (χ1) is 23.2. The Hall–Kier alpha value is -4.36. The average Bonchev–Trinajstić information content (AvgIpc) is 2.97. The second-order valence-electron chi connectivity index (χ2n) is 14.3. The van der Waals surface area contributed by atoms with Crippen molar-refractivity contribution in [1.29, 1.82) is 0 Å². The van der Waals surface area contributed by atoms with E-state index < -0.39 is 70.1 Å². The molecule has 2 aliphatic heterocycles. The average molecular weight is 711 g/mol. The molecular formula is C36H46F4N2O8. The number of carbonyl (C=O) groups is 4. The second-order valence-corrected chi connectivity index (χ2v) is 14.3. The van der Waals surface area contributed by atoms with Crippen molar-refractivity contribution >= 4 is 23.8 Å². The van der Waals surface area contributed by atoms with Gasteiger partial charge in [0.15, 0.2) is 0 Å². The Balaban J connectivity index is 0.000000270. The van der Waals surface area contributed by atoms with Crippen LogP contribution < -0.4 is 20.1 Å². The van der Waals surface area contributed by atoms with E-state index in [4.69, 9.17) is 18.9 Å². The van der Waals surface area contributed by atoms with Crippen molar-refractivity contribution in [2.75, 3.05) is 27.3 Å². The zero-order valence-electron chi connectivity index (χ0n) is 29.6. The van der Waals surface area contributed by atoms with Crippen LogP contribution in [0.1, 0.15) is 90.2 Å². The molecular weight excluding hydrogens is 664 g/mol. The Morgan fingerprint density at radius 1 is 0.640 bits per heavy atom. The third-order valence-corrected chi connectivity index (χ3v) is 8.09. The molecule has 0 aromatic heterocycles. The molecule has 2 aromatic rings. The summed E-state index contributed by atoms with van der Waals surface area (Å²) in [5.74, 6) is -6.96. The first kappa shape index (κ1) is 40.1. The van der Waals surface area contributed by atoms with E-state index in [1.54, 1.807) is 41.5 Å². The number of benzene rings is 2. The zero-order valence-corrected chi connectivity index (χ0v) is 29.6. The van der Waals surface area contributed by atoms with Crippen LogP contribution in [0.3, 0.4) is 0 Å². The number of amides is 2. The van der Waals surface area contributed by atoms with Gasteiger partial charge >= 0.3 is 11.9 Å². The van der Waals surface area contributed by atoms with Crippen molar-refractivity contribution in [3.05, 3.63) is 58.7 Å². The number of piperidine rings is 2. The van der Waals surface area contributed by atoms with E-state index in [0.29, 0.717) is 0 Å². The van der Waals surface area contributed by atoms with Crippen molar-refractivity contribution in [1.82, 2.24) is 10.6 Å². The zero-order chi connectivity index (χ0) is 37.6. The fraction of sp³-hybridized carbons (Fsp3) is 0.556. The third-order valence-electron chi connectivity index (χ3n) is 8.09. The lowest BCUT2D eigenvalue weighted by atomic mass is 9.78. The van der Waals surface area contributed by atoms with Crippen molar-refractivity contribution in [3.63, 3.8) is 0 Å². The fourth-order valence-corrected chi connectivity index (χ4v) is 6.02. The van der Waals surface area contributed by atoms with Gasteiger partial charge < -0.3 is 29.6 Å². The summed E-state index contributed by atoms with van der Waals surface area (Å²) in [6.07, 6.45) is -0.248. The number of carbonyl (C=O) groups excluding carboxylic acids is 4. The maximum atomic E-state index is 14.4. The number of nitrogens with one attached hydrogen (secondary N) is 2. The summed E-state index contributed by atoms with van der Waals surface area (Å²) in [7, 11) is 2.63. The van der Waals surface area contributed by atoms with Crippen LogP contribution in [0, 0.1) is 35.1 Å². The minimum absolute atomic E-state index is 0.0346. The van der Waals surface area contributed by atoms with Crippen LogP contribution in [0.5, 0.6) is 11.5 Å². The van der Waals surface area contributed by atoms with Crippen LogP contribution in [0.2, 0.25) is 0 Å². The predicted octanol–water partition coefficient (Wildman–Crippen LogP) is 5.85. The minimum atomic E-state index is -0.786. The summed E-state index contributed by atoms with van der Waals surface area (Å²) >= 11 is 0. The molecule has 4 rings (SSSR count). The highest BCUT2D eigenvalue weighted by molar-refractivity contribution is 5.79. The van der Waals surface area contributed by atoms with Crippen LogP contribution in [0.25, 0.3) is 0 Å². The van der Waals surface area contributed by atoms with Gasteiger partial charge in [0.05, 0.1) is 27.1 Å². The number of methoxy groups -OCH3 is 2. The number of hydrogen-bond donors (Lipinski definition) is 2. The molecule has 2 fully saturated rings. The predicted molar refractivity (Wildman–Crippen MR) is 174 cm³/mol. The highest BCUT2D eigenvalue weighted by atomic mass is 19.1. The first-order valence-electron chi connectivity index (χ1n) is 16.2. The van der Waals surface area contributed by atoms with Gasteiger partial charge in [-0.15, -0.1) is 0 Å². The van der Waals surface area contributed by atoms with Gasteiger partial charge in [-0.25, -0.2) is 17.6 Å². The highest BCUT2D eigenvalue weighted by Gasteiger charge is 2.38. The summed E-state index contributed by atoms with van der Waals surface area (Å²) in [6.45, 7) is 10.8. The van der Waals surface area contributed by atoms with Crippen LogP contribution in [0.15, 0.2) is 24.3 Å². The lowest BCUT2D eigenvalue weighted by Gasteiger charge is -2.32. The molecule has 2 aliphatic rings. The molecule has 0 saturated carbocycles. The van der Waals surface area contributed by atoms with E-state index in [9.17, 15) is 36.7 Å².